The highest BCUT2D eigenvalue weighted by atomic mass is 16.6. The lowest BCUT2D eigenvalue weighted by molar-refractivity contribution is 0.00578. The maximum atomic E-state index is 12.8. The molecule has 0 aliphatic heterocycles. The number of nitrogens with zero attached hydrogens (tertiary/aromatic N) is 1. The molecule has 0 saturated carbocycles. The van der Waals surface area contributed by atoms with Gasteiger partial charge in [0.05, 0.1) is 7.11 Å². The van der Waals surface area contributed by atoms with Gasteiger partial charge in [-0.15, -0.1) is 0 Å². The molecule has 1 N–H and O–H groups in total. The van der Waals surface area contributed by atoms with E-state index in [1.807, 2.05) is 30.3 Å². The van der Waals surface area contributed by atoms with Crippen molar-refractivity contribution in [1.29, 1.82) is 0 Å². The number of carbonyl (C=O) groups excluding carboxylic acids is 1. The number of rotatable bonds is 6. The Morgan fingerprint density at radius 1 is 1.03 bits per heavy atom. The molecule has 0 fully saturated rings. The maximum absolute atomic E-state index is 12.8. The van der Waals surface area contributed by atoms with Crippen molar-refractivity contribution >= 4 is 5.97 Å². The summed E-state index contributed by atoms with van der Waals surface area (Å²) in [6, 6.07) is 16.3. The number of ether oxygens (including phenoxy) is 3. The summed E-state index contributed by atoms with van der Waals surface area (Å²) in [7, 11) is 1.56. The van der Waals surface area contributed by atoms with Gasteiger partial charge in [-0.05, 0) is 50.6 Å². The van der Waals surface area contributed by atoms with Crippen molar-refractivity contribution in [2.75, 3.05) is 7.11 Å². The van der Waals surface area contributed by atoms with Crippen molar-refractivity contribution < 1.29 is 19.0 Å². The number of carbonyl (C=O) groups is 1. The van der Waals surface area contributed by atoms with E-state index in [4.69, 9.17) is 14.2 Å². The number of esters is 1. The Kier molecular flexibility index (Phi) is 6.20. The number of aromatic amines is 1. The van der Waals surface area contributed by atoms with Crippen LogP contribution in [-0.2, 0) is 11.3 Å². The van der Waals surface area contributed by atoms with Crippen LogP contribution >= 0.6 is 0 Å². The molecule has 0 amide bonds. The van der Waals surface area contributed by atoms with Gasteiger partial charge in [0.15, 0.2) is 5.69 Å². The molecule has 1 heterocycles. The second kappa shape index (κ2) is 8.82. The number of hydrogen-bond donors (Lipinski definition) is 1. The van der Waals surface area contributed by atoms with E-state index in [0.717, 1.165) is 5.56 Å². The van der Waals surface area contributed by atoms with Crippen molar-refractivity contribution in [3.63, 3.8) is 0 Å². The molecule has 156 valence electrons. The number of H-pyrrole nitrogens is 1. The molecule has 0 unspecified atom stereocenters. The largest absolute Gasteiger partial charge is 0.497 e. The first-order chi connectivity index (χ1) is 14.3. The molecule has 0 saturated heterocycles. The average Bonchev–Trinajstić information content (AvgIpc) is 2.72. The first kappa shape index (κ1) is 21.1. The zero-order chi connectivity index (χ0) is 21.7. The van der Waals surface area contributed by atoms with Crippen molar-refractivity contribution in [2.24, 2.45) is 0 Å². The molecule has 7 heteroatoms. The summed E-state index contributed by atoms with van der Waals surface area (Å²) >= 11 is 0. The van der Waals surface area contributed by atoms with Gasteiger partial charge in [-0.1, -0.05) is 30.3 Å². The highest BCUT2D eigenvalue weighted by molar-refractivity contribution is 5.91. The van der Waals surface area contributed by atoms with Crippen molar-refractivity contribution in [3.8, 4) is 22.9 Å². The fourth-order valence-corrected chi connectivity index (χ4v) is 2.68. The number of nitrogens with one attached hydrogen (secondary N) is 1. The van der Waals surface area contributed by atoms with Gasteiger partial charge in [0.1, 0.15) is 23.8 Å². The highest BCUT2D eigenvalue weighted by Crippen LogP contribution is 2.23. The standard InChI is InChI=1S/C23H24N2O5/c1-23(2,3)30-22(27)18-19(29-14-15-8-6-5-7-9-15)21(26)25-20(24-18)16-10-12-17(28-4)13-11-16/h5-13H,14H2,1-4H3,(H,24,25,26). The zero-order valence-corrected chi connectivity index (χ0v) is 17.4. The number of aromatic nitrogens is 2. The summed E-state index contributed by atoms with van der Waals surface area (Å²) in [5, 5.41) is 0. The van der Waals surface area contributed by atoms with Crippen LogP contribution in [0.15, 0.2) is 59.4 Å². The number of methoxy groups -OCH3 is 1. The van der Waals surface area contributed by atoms with E-state index < -0.39 is 17.1 Å². The van der Waals surface area contributed by atoms with Crippen LogP contribution in [0.2, 0.25) is 0 Å². The molecular formula is C23H24N2O5. The summed E-state index contributed by atoms with van der Waals surface area (Å²) in [6.45, 7) is 5.34. The number of hydrogen-bond acceptors (Lipinski definition) is 6. The van der Waals surface area contributed by atoms with Crippen LogP contribution in [0.3, 0.4) is 0 Å². The highest BCUT2D eigenvalue weighted by Gasteiger charge is 2.26. The third kappa shape index (κ3) is 5.26. The quantitative estimate of drug-likeness (QED) is 0.621. The van der Waals surface area contributed by atoms with Crippen molar-refractivity contribution in [2.45, 2.75) is 33.0 Å². The molecule has 0 aliphatic rings. The molecule has 7 nitrogen and oxygen atoms in total. The van der Waals surface area contributed by atoms with Gasteiger partial charge in [0.2, 0.25) is 5.75 Å². The third-order valence-electron chi connectivity index (χ3n) is 4.06. The van der Waals surface area contributed by atoms with Gasteiger partial charge < -0.3 is 19.2 Å². The van der Waals surface area contributed by atoms with Gasteiger partial charge in [-0.3, -0.25) is 4.79 Å². The summed E-state index contributed by atoms with van der Waals surface area (Å²) < 4.78 is 16.3. The number of benzene rings is 2. The molecule has 1 aromatic heterocycles. The summed E-state index contributed by atoms with van der Waals surface area (Å²) in [6.07, 6.45) is 0. The van der Waals surface area contributed by atoms with Crippen LogP contribution in [-0.4, -0.2) is 28.6 Å². The lowest BCUT2D eigenvalue weighted by Gasteiger charge is -2.20. The lowest BCUT2D eigenvalue weighted by Crippen LogP contribution is -2.27. The van der Waals surface area contributed by atoms with E-state index in [1.165, 1.54) is 0 Å². The van der Waals surface area contributed by atoms with E-state index in [9.17, 15) is 9.59 Å². The minimum atomic E-state index is -0.752. The van der Waals surface area contributed by atoms with Crippen LogP contribution in [0.4, 0.5) is 0 Å². The van der Waals surface area contributed by atoms with Crippen molar-refractivity contribution in [1.82, 2.24) is 9.97 Å². The second-order valence-corrected chi connectivity index (χ2v) is 7.60. The molecule has 0 aliphatic carbocycles. The van der Waals surface area contributed by atoms with Gasteiger partial charge in [-0.25, -0.2) is 9.78 Å². The van der Waals surface area contributed by atoms with Gasteiger partial charge in [0.25, 0.3) is 5.56 Å². The van der Waals surface area contributed by atoms with Crippen LogP contribution in [0, 0.1) is 0 Å². The molecule has 0 bridgehead atoms. The smallest absolute Gasteiger partial charge is 0.361 e. The Hall–Kier alpha value is -3.61. The van der Waals surface area contributed by atoms with Crippen LogP contribution in [0.1, 0.15) is 36.8 Å². The molecule has 0 radical (unpaired) electrons. The minimum absolute atomic E-state index is 0.114. The van der Waals surface area contributed by atoms with Crippen LogP contribution in [0.5, 0.6) is 11.5 Å². The molecule has 30 heavy (non-hydrogen) atoms. The Morgan fingerprint density at radius 2 is 1.70 bits per heavy atom. The van der Waals surface area contributed by atoms with Gasteiger partial charge >= 0.3 is 5.97 Å². The topological polar surface area (TPSA) is 90.5 Å². The fourth-order valence-electron chi connectivity index (χ4n) is 2.68. The average molecular weight is 408 g/mol. The normalized spacial score (nSPS) is 11.1. The molecule has 0 atom stereocenters. The second-order valence-electron chi connectivity index (χ2n) is 7.60. The van der Waals surface area contributed by atoms with Gasteiger partial charge in [0, 0.05) is 5.56 Å². The first-order valence-corrected chi connectivity index (χ1v) is 9.45. The van der Waals surface area contributed by atoms with E-state index in [2.05, 4.69) is 9.97 Å². The predicted molar refractivity (Wildman–Crippen MR) is 113 cm³/mol. The van der Waals surface area contributed by atoms with E-state index in [1.54, 1.807) is 52.1 Å². The summed E-state index contributed by atoms with van der Waals surface area (Å²) in [4.78, 5) is 32.6. The summed E-state index contributed by atoms with van der Waals surface area (Å²) in [5.41, 5.74) is -0.0140. The monoisotopic (exact) mass is 408 g/mol. The Morgan fingerprint density at radius 3 is 2.30 bits per heavy atom. The molecule has 3 aromatic rings. The van der Waals surface area contributed by atoms with Crippen LogP contribution in [0.25, 0.3) is 11.4 Å². The minimum Gasteiger partial charge on any atom is -0.497 e. The van der Waals surface area contributed by atoms with E-state index in [0.29, 0.717) is 11.3 Å². The molecule has 2 aromatic carbocycles. The Labute approximate surface area is 174 Å². The molecular weight excluding hydrogens is 384 g/mol. The lowest BCUT2D eigenvalue weighted by atomic mass is 10.2. The SMILES string of the molecule is COc1ccc(-c2nc(C(=O)OC(C)(C)C)c(OCc3ccccc3)c(=O)[nH]2)cc1. The van der Waals surface area contributed by atoms with Crippen LogP contribution < -0.4 is 15.0 Å². The predicted octanol–water partition coefficient (Wildman–Crippen LogP) is 3.98. The first-order valence-electron chi connectivity index (χ1n) is 9.45. The summed E-state index contributed by atoms with van der Waals surface area (Å²) in [5.74, 6) is -0.0105. The fraction of sp³-hybridized carbons (Fsp3) is 0.261. The maximum Gasteiger partial charge on any atom is 0.361 e. The third-order valence-corrected chi connectivity index (χ3v) is 4.06. The Bertz CT molecular complexity index is 1070. The van der Waals surface area contributed by atoms with Crippen molar-refractivity contribution in [3.05, 3.63) is 76.2 Å². The molecule has 3 rings (SSSR count). The zero-order valence-electron chi connectivity index (χ0n) is 17.4. The Balaban J connectivity index is 2.01. The van der Waals surface area contributed by atoms with E-state index in [-0.39, 0.29) is 23.9 Å². The molecule has 0 spiro atoms. The van der Waals surface area contributed by atoms with E-state index >= 15 is 0 Å². The van der Waals surface area contributed by atoms with Gasteiger partial charge in [-0.2, -0.15) is 0 Å².